The van der Waals surface area contributed by atoms with E-state index in [1.54, 1.807) is 13.0 Å². The predicted octanol–water partition coefficient (Wildman–Crippen LogP) is 0.413. The van der Waals surface area contributed by atoms with Crippen LogP contribution in [0, 0.1) is 6.92 Å². The average molecular weight is 181 g/mol. The molecule has 1 aliphatic rings. The fourth-order valence-electron chi connectivity index (χ4n) is 1.02. The highest BCUT2D eigenvalue weighted by Crippen LogP contribution is 2.33. The molecule has 3 N–H and O–H groups in total. The third-order valence-corrected chi connectivity index (χ3v) is 2.11. The van der Waals surface area contributed by atoms with Crippen molar-refractivity contribution in [2.24, 2.45) is 5.73 Å². The second kappa shape index (κ2) is 2.56. The molecule has 13 heavy (non-hydrogen) atoms. The molecule has 1 aliphatic carbocycles. The molecule has 5 nitrogen and oxygen atoms in total. The van der Waals surface area contributed by atoms with Gasteiger partial charge in [0.1, 0.15) is 0 Å². The van der Waals surface area contributed by atoms with Gasteiger partial charge in [0, 0.05) is 6.07 Å². The summed E-state index contributed by atoms with van der Waals surface area (Å²) in [6.45, 7) is 1.79. The summed E-state index contributed by atoms with van der Waals surface area (Å²) >= 11 is 0. The summed E-state index contributed by atoms with van der Waals surface area (Å²) in [5.41, 5.74) is 5.74. The van der Waals surface area contributed by atoms with E-state index in [2.05, 4.69) is 10.5 Å². The Labute approximate surface area is 75.3 Å². The van der Waals surface area contributed by atoms with E-state index in [1.165, 1.54) is 0 Å². The maximum Gasteiger partial charge on any atom is 0.246 e. The van der Waals surface area contributed by atoms with Crippen LogP contribution in [0.1, 0.15) is 18.5 Å². The van der Waals surface area contributed by atoms with Crippen LogP contribution >= 0.6 is 0 Å². The zero-order valence-electron chi connectivity index (χ0n) is 7.33. The first-order valence-electron chi connectivity index (χ1n) is 4.14. The fourth-order valence-corrected chi connectivity index (χ4v) is 1.02. The Kier molecular flexibility index (Phi) is 1.63. The van der Waals surface area contributed by atoms with Gasteiger partial charge in [-0.1, -0.05) is 5.16 Å². The summed E-state index contributed by atoms with van der Waals surface area (Å²) in [4.78, 5) is 11.4. The molecule has 0 saturated heterocycles. The Morgan fingerprint density at radius 2 is 2.46 bits per heavy atom. The van der Waals surface area contributed by atoms with Crippen molar-refractivity contribution < 1.29 is 9.32 Å². The number of anilines is 1. The van der Waals surface area contributed by atoms with Gasteiger partial charge in [-0.15, -0.1) is 0 Å². The van der Waals surface area contributed by atoms with Crippen molar-refractivity contribution in [3.8, 4) is 0 Å². The van der Waals surface area contributed by atoms with Crippen LogP contribution in [0.25, 0.3) is 0 Å². The third kappa shape index (κ3) is 1.55. The first-order valence-corrected chi connectivity index (χ1v) is 4.14. The summed E-state index contributed by atoms with van der Waals surface area (Å²) in [5, 5.41) is 6.21. The molecule has 0 spiro atoms. The van der Waals surface area contributed by atoms with Gasteiger partial charge in [0.2, 0.25) is 11.8 Å². The summed E-state index contributed by atoms with van der Waals surface area (Å²) in [5.74, 6) is 0.169. The van der Waals surface area contributed by atoms with Gasteiger partial charge in [-0.05, 0) is 19.8 Å². The fraction of sp³-hybridized carbons (Fsp3) is 0.500. The molecule has 0 atom stereocenters. The number of amides is 1. The van der Waals surface area contributed by atoms with Crippen LogP contribution in [0.3, 0.4) is 0 Å². The number of nitrogens with zero attached hydrogens (tertiary/aromatic N) is 1. The summed E-state index contributed by atoms with van der Waals surface area (Å²) in [6.07, 6.45) is 1.48. The van der Waals surface area contributed by atoms with Crippen molar-refractivity contribution >= 4 is 11.8 Å². The van der Waals surface area contributed by atoms with Crippen molar-refractivity contribution in [1.29, 1.82) is 0 Å². The van der Waals surface area contributed by atoms with Crippen LogP contribution in [0.5, 0.6) is 0 Å². The van der Waals surface area contributed by atoms with Crippen LogP contribution in [0.4, 0.5) is 5.88 Å². The zero-order valence-corrected chi connectivity index (χ0v) is 7.33. The van der Waals surface area contributed by atoms with Gasteiger partial charge in [-0.3, -0.25) is 10.1 Å². The zero-order chi connectivity index (χ0) is 9.47. The van der Waals surface area contributed by atoms with Crippen LogP contribution in [-0.4, -0.2) is 16.6 Å². The lowest BCUT2D eigenvalue weighted by atomic mass is 10.3. The minimum absolute atomic E-state index is 0.191. The highest BCUT2D eigenvalue weighted by molar-refractivity contribution is 5.99. The van der Waals surface area contributed by atoms with E-state index in [0.717, 1.165) is 18.5 Å². The maximum atomic E-state index is 11.4. The van der Waals surface area contributed by atoms with E-state index in [1.807, 2.05) is 0 Å². The van der Waals surface area contributed by atoms with Gasteiger partial charge in [-0.2, -0.15) is 0 Å². The van der Waals surface area contributed by atoms with E-state index in [-0.39, 0.29) is 5.91 Å². The summed E-state index contributed by atoms with van der Waals surface area (Å²) in [6, 6.07) is 1.66. The van der Waals surface area contributed by atoms with Crippen LogP contribution in [0.15, 0.2) is 10.6 Å². The standard InChI is InChI=1S/C8H11N3O2/c1-5-4-6(13-11-5)10-7(12)8(9)2-3-8/h4H,2-3,9H2,1H3,(H,10,12). The van der Waals surface area contributed by atoms with Crippen molar-refractivity contribution in [3.63, 3.8) is 0 Å². The number of nitrogens with two attached hydrogens (primary N) is 1. The van der Waals surface area contributed by atoms with Crippen LogP contribution in [0.2, 0.25) is 0 Å². The van der Waals surface area contributed by atoms with E-state index in [9.17, 15) is 4.79 Å². The van der Waals surface area contributed by atoms with Crippen molar-refractivity contribution in [3.05, 3.63) is 11.8 Å². The minimum atomic E-state index is -0.666. The number of hydrogen-bond donors (Lipinski definition) is 2. The molecule has 2 rings (SSSR count). The molecule has 0 radical (unpaired) electrons. The normalized spacial score (nSPS) is 18.3. The number of carbonyl (C=O) groups is 1. The van der Waals surface area contributed by atoms with E-state index in [0.29, 0.717) is 5.88 Å². The molecule has 0 unspecified atom stereocenters. The van der Waals surface area contributed by atoms with Crippen LogP contribution in [-0.2, 0) is 4.79 Å². The largest absolute Gasteiger partial charge is 0.338 e. The summed E-state index contributed by atoms with van der Waals surface area (Å²) in [7, 11) is 0. The average Bonchev–Trinajstić information content (AvgIpc) is 2.69. The maximum absolute atomic E-state index is 11.4. The molecule has 1 aromatic heterocycles. The Balaban J connectivity index is 2.02. The topological polar surface area (TPSA) is 81.2 Å². The van der Waals surface area contributed by atoms with Crippen molar-refractivity contribution in [1.82, 2.24) is 5.16 Å². The monoisotopic (exact) mass is 181 g/mol. The second-order valence-electron chi connectivity index (χ2n) is 3.44. The lowest BCUT2D eigenvalue weighted by molar-refractivity contribution is -0.118. The number of nitrogens with one attached hydrogen (secondary N) is 1. The highest BCUT2D eigenvalue weighted by atomic mass is 16.5. The quantitative estimate of drug-likeness (QED) is 0.692. The lowest BCUT2D eigenvalue weighted by Gasteiger charge is -2.05. The Morgan fingerprint density at radius 3 is 2.92 bits per heavy atom. The SMILES string of the molecule is Cc1cc(NC(=O)C2(N)CC2)on1. The molecule has 1 aromatic rings. The second-order valence-corrected chi connectivity index (χ2v) is 3.44. The Morgan fingerprint density at radius 1 is 1.77 bits per heavy atom. The highest BCUT2D eigenvalue weighted by Gasteiger charge is 2.46. The van der Waals surface area contributed by atoms with Crippen molar-refractivity contribution in [2.45, 2.75) is 25.3 Å². The smallest absolute Gasteiger partial charge is 0.246 e. The van der Waals surface area contributed by atoms with Crippen LogP contribution < -0.4 is 11.1 Å². The Bertz CT molecular complexity index is 341. The van der Waals surface area contributed by atoms with Gasteiger partial charge < -0.3 is 10.3 Å². The third-order valence-electron chi connectivity index (χ3n) is 2.11. The molecule has 0 aromatic carbocycles. The number of carbonyl (C=O) groups excluding carboxylic acids is 1. The molecule has 1 amide bonds. The minimum Gasteiger partial charge on any atom is -0.338 e. The molecule has 1 heterocycles. The molecular weight excluding hydrogens is 170 g/mol. The number of aryl methyl sites for hydroxylation is 1. The van der Waals surface area contributed by atoms with E-state index >= 15 is 0 Å². The molecule has 1 fully saturated rings. The number of rotatable bonds is 2. The molecule has 5 heteroatoms. The molecule has 0 aliphatic heterocycles. The van der Waals surface area contributed by atoms with Gasteiger partial charge in [0.15, 0.2) is 0 Å². The summed E-state index contributed by atoms with van der Waals surface area (Å²) < 4.78 is 4.82. The first kappa shape index (κ1) is 8.25. The molecule has 70 valence electrons. The Hall–Kier alpha value is -1.36. The number of hydrogen-bond acceptors (Lipinski definition) is 4. The van der Waals surface area contributed by atoms with Gasteiger partial charge >= 0.3 is 0 Å². The lowest BCUT2D eigenvalue weighted by Crippen LogP contribution is -2.37. The van der Waals surface area contributed by atoms with E-state index < -0.39 is 5.54 Å². The van der Waals surface area contributed by atoms with E-state index in [4.69, 9.17) is 10.3 Å². The van der Waals surface area contributed by atoms with Gasteiger partial charge in [0.05, 0.1) is 11.2 Å². The predicted molar refractivity (Wildman–Crippen MR) is 46.0 cm³/mol. The molecule has 1 saturated carbocycles. The van der Waals surface area contributed by atoms with Gasteiger partial charge in [0.25, 0.3) is 0 Å². The number of aromatic nitrogens is 1. The van der Waals surface area contributed by atoms with Crippen molar-refractivity contribution in [2.75, 3.05) is 5.32 Å². The first-order chi connectivity index (χ1) is 6.10. The van der Waals surface area contributed by atoms with Gasteiger partial charge in [-0.25, -0.2) is 0 Å². The molecule has 0 bridgehead atoms. The molecular formula is C8H11N3O2.